The number of carboxylic acids is 1. The van der Waals surface area contributed by atoms with Crippen molar-refractivity contribution in [2.45, 2.75) is 0 Å². The van der Waals surface area contributed by atoms with Crippen molar-refractivity contribution in [3.8, 4) is 17.0 Å². The molecule has 0 aliphatic carbocycles. The molecule has 0 bridgehead atoms. The molecule has 0 amide bonds. The van der Waals surface area contributed by atoms with Gasteiger partial charge in [-0.2, -0.15) is 5.10 Å². The Morgan fingerprint density at radius 2 is 2.24 bits per heavy atom. The molecule has 0 fully saturated rings. The Hall–Kier alpha value is -2.01. The molecule has 0 unspecified atom stereocenters. The van der Waals surface area contributed by atoms with Crippen LogP contribution >= 0.6 is 11.6 Å². The molecule has 5 nitrogen and oxygen atoms in total. The highest BCUT2D eigenvalue weighted by molar-refractivity contribution is 6.32. The second-order valence-electron chi connectivity index (χ2n) is 3.32. The van der Waals surface area contributed by atoms with Crippen LogP contribution in [0.5, 0.6) is 5.75 Å². The molecule has 0 radical (unpaired) electrons. The zero-order valence-electron chi connectivity index (χ0n) is 8.90. The highest BCUT2D eigenvalue weighted by Crippen LogP contribution is 2.29. The van der Waals surface area contributed by atoms with Crippen molar-refractivity contribution in [2.75, 3.05) is 7.11 Å². The average Bonchev–Trinajstić information content (AvgIpc) is 2.78. The molecule has 0 saturated heterocycles. The van der Waals surface area contributed by atoms with E-state index in [4.69, 9.17) is 21.4 Å². The predicted octanol–water partition coefficient (Wildman–Crippen LogP) is 2.44. The molecule has 1 aromatic carbocycles. The van der Waals surface area contributed by atoms with Gasteiger partial charge in [-0.15, -0.1) is 0 Å². The van der Waals surface area contributed by atoms with Gasteiger partial charge in [-0.25, -0.2) is 4.79 Å². The van der Waals surface area contributed by atoms with E-state index in [1.807, 2.05) is 0 Å². The third kappa shape index (κ3) is 2.24. The number of hydrogen-bond acceptors (Lipinski definition) is 3. The number of hydrogen-bond donors (Lipinski definition) is 2. The van der Waals surface area contributed by atoms with Crippen molar-refractivity contribution in [3.05, 3.63) is 35.0 Å². The summed E-state index contributed by atoms with van der Waals surface area (Å²) in [6.45, 7) is 0. The van der Waals surface area contributed by atoms with Crippen LogP contribution in [0.25, 0.3) is 11.3 Å². The fourth-order valence-corrected chi connectivity index (χ4v) is 1.66. The Morgan fingerprint density at radius 3 is 2.76 bits per heavy atom. The van der Waals surface area contributed by atoms with Gasteiger partial charge in [0.05, 0.1) is 17.8 Å². The Morgan fingerprint density at radius 1 is 1.47 bits per heavy atom. The molecule has 0 aliphatic rings. The number of nitrogens with zero attached hydrogens (tertiary/aromatic N) is 1. The van der Waals surface area contributed by atoms with Gasteiger partial charge < -0.3 is 9.84 Å². The van der Waals surface area contributed by atoms with E-state index in [-0.39, 0.29) is 5.69 Å². The van der Waals surface area contributed by atoms with E-state index in [0.717, 1.165) is 5.56 Å². The molecule has 0 atom stereocenters. The third-order valence-electron chi connectivity index (χ3n) is 2.26. The van der Waals surface area contributed by atoms with Gasteiger partial charge in [0, 0.05) is 5.56 Å². The van der Waals surface area contributed by atoms with Gasteiger partial charge in [0.15, 0.2) is 0 Å². The van der Waals surface area contributed by atoms with Crippen LogP contribution < -0.4 is 4.74 Å². The molecule has 1 aromatic heterocycles. The molecular weight excluding hydrogens is 244 g/mol. The molecule has 88 valence electrons. The molecule has 2 rings (SSSR count). The van der Waals surface area contributed by atoms with Crippen molar-refractivity contribution in [2.24, 2.45) is 0 Å². The van der Waals surface area contributed by atoms with E-state index in [0.29, 0.717) is 16.5 Å². The van der Waals surface area contributed by atoms with Crippen LogP contribution in [-0.2, 0) is 0 Å². The third-order valence-corrected chi connectivity index (χ3v) is 2.55. The van der Waals surface area contributed by atoms with Crippen molar-refractivity contribution >= 4 is 17.6 Å². The Kier molecular flexibility index (Phi) is 3.01. The standard InChI is InChI=1S/C11H9ClN2O3/c1-17-10-3-2-6(4-7(10)12)8-5-9(11(15)16)14-13-8/h2-5H,1H3,(H,13,14)(H,15,16). The molecule has 6 heteroatoms. The zero-order valence-corrected chi connectivity index (χ0v) is 9.65. The number of methoxy groups -OCH3 is 1. The highest BCUT2D eigenvalue weighted by atomic mass is 35.5. The minimum absolute atomic E-state index is 0.0342. The summed E-state index contributed by atoms with van der Waals surface area (Å²) in [5, 5.41) is 15.5. The first-order valence-electron chi connectivity index (χ1n) is 4.74. The van der Waals surface area contributed by atoms with Crippen molar-refractivity contribution in [3.63, 3.8) is 0 Å². The molecule has 0 aliphatic heterocycles. The van der Waals surface area contributed by atoms with Crippen molar-refractivity contribution in [1.82, 2.24) is 10.2 Å². The molecule has 2 N–H and O–H groups in total. The lowest BCUT2D eigenvalue weighted by Crippen LogP contribution is -1.95. The summed E-state index contributed by atoms with van der Waals surface area (Å²) in [7, 11) is 1.53. The van der Waals surface area contributed by atoms with Gasteiger partial charge in [0.25, 0.3) is 0 Å². The number of rotatable bonds is 3. The summed E-state index contributed by atoms with van der Waals surface area (Å²) in [4.78, 5) is 10.7. The largest absolute Gasteiger partial charge is 0.495 e. The van der Waals surface area contributed by atoms with Crippen LogP contribution in [0.2, 0.25) is 5.02 Å². The lowest BCUT2D eigenvalue weighted by molar-refractivity contribution is 0.0690. The van der Waals surface area contributed by atoms with E-state index in [1.54, 1.807) is 18.2 Å². The van der Waals surface area contributed by atoms with Crippen molar-refractivity contribution in [1.29, 1.82) is 0 Å². The number of aromatic amines is 1. The zero-order chi connectivity index (χ0) is 12.4. The Balaban J connectivity index is 2.39. The van der Waals surface area contributed by atoms with Gasteiger partial charge >= 0.3 is 5.97 Å². The molecule has 0 spiro atoms. The van der Waals surface area contributed by atoms with Gasteiger partial charge in [-0.3, -0.25) is 5.10 Å². The smallest absolute Gasteiger partial charge is 0.353 e. The second kappa shape index (κ2) is 4.47. The van der Waals surface area contributed by atoms with Gasteiger partial charge in [-0.1, -0.05) is 11.6 Å². The molecule has 0 saturated carbocycles. The number of H-pyrrole nitrogens is 1. The van der Waals surface area contributed by atoms with Crippen LogP contribution in [0.1, 0.15) is 10.5 Å². The summed E-state index contributed by atoms with van der Waals surface area (Å²) in [6, 6.07) is 6.57. The number of ether oxygens (including phenoxy) is 1. The normalized spacial score (nSPS) is 10.2. The molecule has 17 heavy (non-hydrogen) atoms. The van der Waals surface area contributed by atoms with Gasteiger partial charge in [-0.05, 0) is 24.3 Å². The van der Waals surface area contributed by atoms with Crippen LogP contribution in [-0.4, -0.2) is 28.4 Å². The number of carboxylic acid groups (broad SMARTS) is 1. The van der Waals surface area contributed by atoms with Crippen molar-refractivity contribution < 1.29 is 14.6 Å². The first kappa shape index (κ1) is 11.5. The first-order valence-corrected chi connectivity index (χ1v) is 5.12. The van der Waals surface area contributed by atoms with E-state index < -0.39 is 5.97 Å². The fourth-order valence-electron chi connectivity index (χ4n) is 1.40. The monoisotopic (exact) mass is 252 g/mol. The predicted molar refractivity (Wildman–Crippen MR) is 62.5 cm³/mol. The number of benzene rings is 1. The maximum Gasteiger partial charge on any atom is 0.353 e. The van der Waals surface area contributed by atoms with Crippen LogP contribution in [0.15, 0.2) is 24.3 Å². The topological polar surface area (TPSA) is 75.2 Å². The minimum Gasteiger partial charge on any atom is -0.495 e. The number of nitrogens with one attached hydrogen (secondary N) is 1. The quantitative estimate of drug-likeness (QED) is 0.880. The molecule has 2 aromatic rings. The van der Waals surface area contributed by atoms with Crippen LogP contribution in [0.3, 0.4) is 0 Å². The SMILES string of the molecule is COc1ccc(-c2cc(C(=O)O)[nH]n2)cc1Cl. The minimum atomic E-state index is -1.05. The van der Waals surface area contributed by atoms with Gasteiger partial charge in [0.2, 0.25) is 0 Å². The lowest BCUT2D eigenvalue weighted by Gasteiger charge is -2.03. The van der Waals surface area contributed by atoms with E-state index in [1.165, 1.54) is 13.2 Å². The summed E-state index contributed by atoms with van der Waals surface area (Å²) in [5.41, 5.74) is 1.28. The second-order valence-corrected chi connectivity index (χ2v) is 3.73. The van der Waals surface area contributed by atoms with Gasteiger partial charge in [0.1, 0.15) is 11.4 Å². The Bertz CT molecular complexity index is 566. The van der Waals surface area contributed by atoms with E-state index >= 15 is 0 Å². The molecule has 1 heterocycles. The summed E-state index contributed by atoms with van der Waals surface area (Å²) in [6.07, 6.45) is 0. The molecular formula is C11H9ClN2O3. The summed E-state index contributed by atoms with van der Waals surface area (Å²) in [5.74, 6) is -0.493. The number of aromatic carboxylic acids is 1. The first-order chi connectivity index (χ1) is 8.11. The highest BCUT2D eigenvalue weighted by Gasteiger charge is 2.10. The maximum atomic E-state index is 10.7. The summed E-state index contributed by atoms with van der Waals surface area (Å²) < 4.78 is 5.02. The average molecular weight is 253 g/mol. The summed E-state index contributed by atoms with van der Waals surface area (Å²) >= 11 is 5.97. The number of halogens is 1. The van der Waals surface area contributed by atoms with E-state index in [9.17, 15) is 4.79 Å². The lowest BCUT2D eigenvalue weighted by atomic mass is 10.1. The van der Waals surface area contributed by atoms with E-state index in [2.05, 4.69) is 10.2 Å². The Labute approximate surface area is 102 Å². The van der Waals surface area contributed by atoms with Crippen LogP contribution in [0, 0.1) is 0 Å². The van der Waals surface area contributed by atoms with Crippen LogP contribution in [0.4, 0.5) is 0 Å². The fraction of sp³-hybridized carbons (Fsp3) is 0.0909. The number of carbonyl (C=O) groups is 1. The number of aromatic nitrogens is 2. The maximum absolute atomic E-state index is 10.7.